The van der Waals surface area contributed by atoms with Crippen molar-refractivity contribution >= 4 is 49.0 Å². The zero-order valence-electron chi connectivity index (χ0n) is 8.11. The molecule has 2 rings (SSSR count). The molecule has 0 bridgehead atoms. The molecule has 0 atom stereocenters. The molecule has 0 aliphatic heterocycles. The van der Waals surface area contributed by atoms with Crippen molar-refractivity contribution in [2.24, 2.45) is 0 Å². The van der Waals surface area contributed by atoms with E-state index in [1.807, 2.05) is 23.6 Å². The first-order valence-corrected chi connectivity index (χ1v) is 6.99. The van der Waals surface area contributed by atoms with Gasteiger partial charge in [-0.1, -0.05) is 0 Å². The van der Waals surface area contributed by atoms with Gasteiger partial charge in [0.05, 0.1) is 11.3 Å². The van der Waals surface area contributed by atoms with Crippen LogP contribution in [-0.4, -0.2) is 10.8 Å². The van der Waals surface area contributed by atoms with Gasteiger partial charge < -0.3 is 0 Å². The molecule has 2 aromatic heterocycles. The van der Waals surface area contributed by atoms with Crippen LogP contribution in [0.4, 0.5) is 0 Å². The van der Waals surface area contributed by atoms with Gasteiger partial charge in [0.15, 0.2) is 5.78 Å². The van der Waals surface area contributed by atoms with Crippen molar-refractivity contribution in [3.63, 3.8) is 0 Å². The Labute approximate surface area is 114 Å². The molecule has 2 aromatic rings. The lowest BCUT2D eigenvalue weighted by Crippen LogP contribution is -2.02. The highest BCUT2D eigenvalue weighted by Crippen LogP contribution is 2.21. The number of rotatable bonds is 3. The summed E-state index contributed by atoms with van der Waals surface area (Å²) in [6.07, 6.45) is 2.05. The summed E-state index contributed by atoms with van der Waals surface area (Å²) < 4.78 is 1.87. The maximum absolute atomic E-state index is 11.9. The Morgan fingerprint density at radius 2 is 2.12 bits per heavy atom. The van der Waals surface area contributed by atoms with Crippen molar-refractivity contribution < 1.29 is 4.79 Å². The van der Waals surface area contributed by atoms with Crippen LogP contribution < -0.4 is 0 Å². The molecule has 2 nitrogen and oxygen atoms in total. The molecule has 0 aliphatic carbocycles. The van der Waals surface area contributed by atoms with Crippen LogP contribution in [-0.2, 0) is 6.42 Å². The lowest BCUT2D eigenvalue weighted by atomic mass is 10.2. The summed E-state index contributed by atoms with van der Waals surface area (Å²) in [5, 5.41) is 1.91. The Morgan fingerprint density at radius 1 is 1.31 bits per heavy atom. The second-order valence-corrected chi connectivity index (χ2v) is 5.94. The van der Waals surface area contributed by atoms with Crippen molar-refractivity contribution in [3.05, 3.63) is 49.3 Å². The lowest BCUT2D eigenvalue weighted by molar-refractivity contribution is 0.0996. The first-order valence-electron chi connectivity index (χ1n) is 4.53. The second-order valence-electron chi connectivity index (χ2n) is 3.20. The SMILES string of the molecule is O=C(Cc1ccc(Br)cn1)c1cc(Br)cs1. The molecule has 0 unspecified atom stereocenters. The van der Waals surface area contributed by atoms with Crippen molar-refractivity contribution in [3.8, 4) is 0 Å². The molecule has 0 saturated carbocycles. The third-order valence-electron chi connectivity index (χ3n) is 1.97. The third kappa shape index (κ3) is 2.99. The Morgan fingerprint density at radius 3 is 2.69 bits per heavy atom. The van der Waals surface area contributed by atoms with Gasteiger partial charge in [-0.25, -0.2) is 0 Å². The van der Waals surface area contributed by atoms with Crippen LogP contribution in [0.2, 0.25) is 0 Å². The van der Waals surface area contributed by atoms with E-state index in [1.165, 1.54) is 11.3 Å². The lowest BCUT2D eigenvalue weighted by Gasteiger charge is -1.98. The van der Waals surface area contributed by atoms with E-state index in [9.17, 15) is 4.79 Å². The van der Waals surface area contributed by atoms with Crippen LogP contribution in [0.15, 0.2) is 38.7 Å². The molecule has 0 aliphatic rings. The number of aromatic nitrogens is 1. The van der Waals surface area contributed by atoms with E-state index in [0.29, 0.717) is 6.42 Å². The molecule has 0 spiro atoms. The average Bonchev–Trinajstić information content (AvgIpc) is 2.68. The summed E-state index contributed by atoms with van der Waals surface area (Å²) in [6.45, 7) is 0. The van der Waals surface area contributed by atoms with Crippen LogP contribution in [0, 0.1) is 0 Å². The van der Waals surface area contributed by atoms with Gasteiger partial charge in [-0.2, -0.15) is 0 Å². The van der Waals surface area contributed by atoms with E-state index in [-0.39, 0.29) is 5.78 Å². The average molecular weight is 361 g/mol. The van der Waals surface area contributed by atoms with Gasteiger partial charge in [-0.05, 0) is 50.1 Å². The van der Waals surface area contributed by atoms with Crippen molar-refractivity contribution in [1.29, 1.82) is 0 Å². The molecule has 2 heterocycles. The van der Waals surface area contributed by atoms with Gasteiger partial charge in [-0.15, -0.1) is 11.3 Å². The van der Waals surface area contributed by atoms with Gasteiger partial charge >= 0.3 is 0 Å². The molecule has 0 N–H and O–H groups in total. The fourth-order valence-corrected chi connectivity index (χ4v) is 2.82. The number of hydrogen-bond acceptors (Lipinski definition) is 3. The molecule has 0 saturated heterocycles. The largest absolute Gasteiger partial charge is 0.293 e. The molecule has 0 aromatic carbocycles. The number of carbonyl (C=O) groups is 1. The molecule has 82 valence electrons. The van der Waals surface area contributed by atoms with Crippen molar-refractivity contribution in [2.45, 2.75) is 6.42 Å². The maximum atomic E-state index is 11.9. The number of Topliss-reactive ketones (excluding diaryl/α,β-unsaturated/α-hetero) is 1. The topological polar surface area (TPSA) is 30.0 Å². The van der Waals surface area contributed by atoms with Crippen LogP contribution >= 0.6 is 43.2 Å². The van der Waals surface area contributed by atoms with Gasteiger partial charge in [0, 0.05) is 26.2 Å². The molecule has 0 amide bonds. The zero-order valence-corrected chi connectivity index (χ0v) is 12.1. The van der Waals surface area contributed by atoms with Crippen LogP contribution in [0.25, 0.3) is 0 Å². The van der Waals surface area contributed by atoms with E-state index in [0.717, 1.165) is 19.5 Å². The Balaban J connectivity index is 2.10. The van der Waals surface area contributed by atoms with Crippen LogP contribution in [0.1, 0.15) is 15.4 Å². The summed E-state index contributed by atoms with van der Waals surface area (Å²) in [5.74, 6) is 0.102. The third-order valence-corrected chi connectivity index (χ3v) is 4.17. The molecule has 16 heavy (non-hydrogen) atoms. The number of nitrogens with zero attached hydrogens (tertiary/aromatic N) is 1. The summed E-state index contributed by atoms with van der Waals surface area (Å²) in [4.78, 5) is 16.8. The maximum Gasteiger partial charge on any atom is 0.178 e. The minimum atomic E-state index is 0.102. The zero-order chi connectivity index (χ0) is 11.5. The predicted molar refractivity (Wildman–Crippen MR) is 72.0 cm³/mol. The minimum absolute atomic E-state index is 0.102. The van der Waals surface area contributed by atoms with E-state index >= 15 is 0 Å². The highest BCUT2D eigenvalue weighted by atomic mass is 79.9. The summed E-state index contributed by atoms with van der Waals surface area (Å²) in [7, 11) is 0. The van der Waals surface area contributed by atoms with Crippen LogP contribution in [0.3, 0.4) is 0 Å². The summed E-state index contributed by atoms with van der Waals surface area (Å²) in [6, 6.07) is 5.58. The smallest absolute Gasteiger partial charge is 0.178 e. The number of ketones is 1. The normalized spacial score (nSPS) is 10.4. The van der Waals surface area contributed by atoms with Gasteiger partial charge in [0.1, 0.15) is 0 Å². The molecular formula is C11H7Br2NOS. The highest BCUT2D eigenvalue weighted by Gasteiger charge is 2.10. The van der Waals surface area contributed by atoms with Crippen LogP contribution in [0.5, 0.6) is 0 Å². The van der Waals surface area contributed by atoms with Gasteiger partial charge in [0.25, 0.3) is 0 Å². The first-order chi connectivity index (χ1) is 7.65. The second kappa shape index (κ2) is 5.21. The standard InChI is InChI=1S/C11H7Br2NOS/c12-7-1-2-9(14-5-7)4-10(15)11-3-8(13)6-16-11/h1-3,5-6H,4H2. The van der Waals surface area contributed by atoms with E-state index in [4.69, 9.17) is 0 Å². The molecule has 5 heteroatoms. The van der Waals surface area contributed by atoms with E-state index < -0.39 is 0 Å². The minimum Gasteiger partial charge on any atom is -0.293 e. The van der Waals surface area contributed by atoms with Gasteiger partial charge in [0.2, 0.25) is 0 Å². The fraction of sp³-hybridized carbons (Fsp3) is 0.0909. The Hall–Kier alpha value is -0.520. The quantitative estimate of drug-likeness (QED) is 0.771. The Bertz CT molecular complexity index is 507. The summed E-state index contributed by atoms with van der Waals surface area (Å²) >= 11 is 8.09. The van der Waals surface area contributed by atoms with E-state index in [2.05, 4.69) is 36.8 Å². The van der Waals surface area contributed by atoms with Gasteiger partial charge in [-0.3, -0.25) is 9.78 Å². The number of hydrogen-bond donors (Lipinski definition) is 0. The molecule has 0 fully saturated rings. The number of halogens is 2. The predicted octanol–water partition coefficient (Wildman–Crippen LogP) is 4.09. The van der Waals surface area contributed by atoms with Crippen molar-refractivity contribution in [2.75, 3.05) is 0 Å². The number of thiophene rings is 1. The van der Waals surface area contributed by atoms with Crippen molar-refractivity contribution in [1.82, 2.24) is 4.98 Å². The summed E-state index contributed by atoms with van der Waals surface area (Å²) in [5.41, 5.74) is 0.790. The first kappa shape index (κ1) is 12.0. The number of pyridine rings is 1. The number of carbonyl (C=O) groups excluding carboxylic acids is 1. The monoisotopic (exact) mass is 359 g/mol. The molecular weight excluding hydrogens is 354 g/mol. The molecule has 0 radical (unpaired) electrons. The Kier molecular flexibility index (Phi) is 3.89. The van der Waals surface area contributed by atoms with E-state index in [1.54, 1.807) is 6.20 Å². The highest BCUT2D eigenvalue weighted by molar-refractivity contribution is 9.10. The fourth-order valence-electron chi connectivity index (χ4n) is 1.22.